The first kappa shape index (κ1) is 51.1. The number of methoxy groups -OCH3 is 1. The zero-order valence-corrected chi connectivity index (χ0v) is 38.7. The van der Waals surface area contributed by atoms with Gasteiger partial charge in [-0.3, -0.25) is 14.7 Å². The molecule has 3 amide bonds. The fourth-order valence-electron chi connectivity index (χ4n) is 8.16. The Balaban J connectivity index is 1.37. The number of carbonyl (C=O) groups is 4. The summed E-state index contributed by atoms with van der Waals surface area (Å²) in [6.07, 6.45) is 0.236. The van der Waals surface area contributed by atoms with Gasteiger partial charge in [-0.25, -0.2) is 9.59 Å². The van der Waals surface area contributed by atoms with Crippen molar-refractivity contribution < 1.29 is 53.2 Å². The second kappa shape index (κ2) is 24.0. The minimum Gasteiger partial charge on any atom is -0.444 e. The maximum atomic E-state index is 13.9. The van der Waals surface area contributed by atoms with Crippen molar-refractivity contribution in [3.05, 3.63) is 69.4 Å². The lowest BCUT2D eigenvalue weighted by Gasteiger charge is -2.36. The molecule has 5 atom stereocenters. The Labute approximate surface area is 375 Å². The zero-order valence-electron chi connectivity index (χ0n) is 38.7. The van der Waals surface area contributed by atoms with Gasteiger partial charge in [0.15, 0.2) is 6.61 Å². The Kier molecular flexibility index (Phi) is 19.2. The number of benzene rings is 2. The van der Waals surface area contributed by atoms with E-state index < -0.39 is 53.5 Å². The summed E-state index contributed by atoms with van der Waals surface area (Å²) in [5.41, 5.74) is 2.69. The molecular formula is C46H68N6O12. The molecule has 4 rings (SSSR count). The van der Waals surface area contributed by atoms with E-state index in [1.165, 1.54) is 18.2 Å². The van der Waals surface area contributed by atoms with Gasteiger partial charge in [-0.15, -0.1) is 10.1 Å². The van der Waals surface area contributed by atoms with Crippen LogP contribution in [0.3, 0.4) is 0 Å². The van der Waals surface area contributed by atoms with Crippen LogP contribution in [0.1, 0.15) is 110 Å². The van der Waals surface area contributed by atoms with E-state index in [-0.39, 0.29) is 54.4 Å². The van der Waals surface area contributed by atoms with Crippen LogP contribution in [0.2, 0.25) is 0 Å². The largest absolute Gasteiger partial charge is 0.514 e. The molecule has 64 heavy (non-hydrogen) atoms. The van der Waals surface area contributed by atoms with Crippen LogP contribution in [-0.2, 0) is 41.7 Å². The highest BCUT2D eigenvalue weighted by atomic mass is 16.9. The van der Waals surface area contributed by atoms with Gasteiger partial charge < -0.3 is 44.4 Å². The number of hydrogen-bond acceptors (Lipinski definition) is 13. The van der Waals surface area contributed by atoms with Crippen molar-refractivity contribution in [2.75, 3.05) is 33.4 Å². The van der Waals surface area contributed by atoms with Gasteiger partial charge in [0.25, 0.3) is 11.0 Å². The molecule has 1 saturated heterocycles. The predicted molar refractivity (Wildman–Crippen MR) is 238 cm³/mol. The van der Waals surface area contributed by atoms with E-state index in [0.717, 1.165) is 35.0 Å². The number of aryl methyl sites for hydroxylation is 1. The first-order valence-corrected chi connectivity index (χ1v) is 22.2. The fourth-order valence-corrected chi connectivity index (χ4v) is 8.16. The molecule has 2 heterocycles. The van der Waals surface area contributed by atoms with Gasteiger partial charge in [-0.1, -0.05) is 52.8 Å². The average Bonchev–Trinajstić information content (AvgIpc) is 3.63. The molecule has 18 nitrogen and oxygen atoms in total. The van der Waals surface area contributed by atoms with Crippen LogP contribution in [-0.4, -0.2) is 107 Å². The highest BCUT2D eigenvalue weighted by molar-refractivity contribution is 5.82. The van der Waals surface area contributed by atoms with Crippen molar-refractivity contribution in [3.63, 3.8) is 0 Å². The second-order valence-corrected chi connectivity index (χ2v) is 18.4. The number of fused-ring (bicyclic) bond motifs is 1. The summed E-state index contributed by atoms with van der Waals surface area (Å²) in [6.45, 7) is 16.0. The molecule has 1 unspecified atom stereocenters. The van der Waals surface area contributed by atoms with Crippen LogP contribution >= 0.6 is 0 Å². The van der Waals surface area contributed by atoms with E-state index in [9.17, 15) is 34.4 Å². The van der Waals surface area contributed by atoms with Gasteiger partial charge in [0, 0.05) is 44.2 Å². The molecule has 0 spiro atoms. The summed E-state index contributed by atoms with van der Waals surface area (Å²) in [4.78, 5) is 68.8. The Hall–Kier alpha value is -5.49. The third-order valence-electron chi connectivity index (χ3n) is 11.7. The molecule has 1 fully saturated rings. The first-order valence-electron chi connectivity index (χ1n) is 22.2. The number of ether oxygens (including phenoxy) is 4. The smallest absolute Gasteiger partial charge is 0.444 e. The molecule has 0 radical (unpaired) electrons. The highest BCUT2D eigenvalue weighted by Gasteiger charge is 2.36. The molecule has 0 saturated carbocycles. The van der Waals surface area contributed by atoms with Gasteiger partial charge in [0.05, 0.1) is 23.4 Å². The summed E-state index contributed by atoms with van der Waals surface area (Å²) < 4.78 is 21.0. The number of aromatic nitrogens is 2. The summed E-state index contributed by atoms with van der Waals surface area (Å²) in [7, 11) is 1.69. The molecule has 1 aliphatic rings. The summed E-state index contributed by atoms with van der Waals surface area (Å²) in [6, 6.07) is 11.3. The minimum atomic E-state index is -1.11. The third-order valence-corrected chi connectivity index (χ3v) is 11.7. The maximum absolute atomic E-state index is 13.9. The van der Waals surface area contributed by atoms with E-state index in [1.54, 1.807) is 38.8 Å². The molecule has 0 bridgehead atoms. The highest BCUT2D eigenvalue weighted by Crippen LogP contribution is 2.36. The molecule has 18 heteroatoms. The van der Waals surface area contributed by atoms with Crippen LogP contribution in [0.25, 0.3) is 10.9 Å². The number of aliphatic hydroxyl groups excluding tert-OH is 1. The SMILES string of the molecule is COCCCc1n[nH]c2ccc(C(C)[C@@H](C[C@H](NC(=O)OC(C)(C)C)[C@@H](O)C[C@H](C(=O)NC3CCN(C(=O)COC(=O)Oc4cccc(CO[N+](=O)[O-])c4)CC3)C(C)C)C(C)C)cc12. The molecule has 4 N–H and O–H groups in total. The lowest BCUT2D eigenvalue weighted by atomic mass is 9.75. The van der Waals surface area contributed by atoms with Gasteiger partial charge in [-0.05, 0) is 118 Å². The number of likely N-dealkylation sites (tertiary alicyclic amines) is 1. The zero-order chi connectivity index (χ0) is 47.1. The molecule has 354 valence electrons. The number of piperidine rings is 1. The van der Waals surface area contributed by atoms with E-state index in [4.69, 9.17) is 18.9 Å². The summed E-state index contributed by atoms with van der Waals surface area (Å²) >= 11 is 0. The number of nitrogens with one attached hydrogen (secondary N) is 3. The number of rotatable bonds is 22. The molecule has 3 aromatic rings. The van der Waals surface area contributed by atoms with Crippen LogP contribution in [0, 0.1) is 33.8 Å². The first-order chi connectivity index (χ1) is 30.2. The predicted octanol–water partition coefficient (Wildman–Crippen LogP) is 6.86. The third kappa shape index (κ3) is 15.9. The van der Waals surface area contributed by atoms with Crippen molar-refractivity contribution in [3.8, 4) is 5.75 Å². The van der Waals surface area contributed by atoms with Crippen LogP contribution in [0.5, 0.6) is 5.75 Å². The van der Waals surface area contributed by atoms with Gasteiger partial charge >= 0.3 is 12.2 Å². The number of hydrogen-bond donors (Lipinski definition) is 4. The van der Waals surface area contributed by atoms with Crippen molar-refractivity contribution in [2.24, 2.45) is 23.7 Å². The normalized spacial score (nSPS) is 15.8. The van der Waals surface area contributed by atoms with Gasteiger partial charge in [0.2, 0.25) is 5.91 Å². The van der Waals surface area contributed by atoms with E-state index in [0.29, 0.717) is 44.5 Å². The Morgan fingerprint density at radius 2 is 1.73 bits per heavy atom. The molecular weight excluding hydrogens is 829 g/mol. The monoisotopic (exact) mass is 896 g/mol. The number of aliphatic hydroxyl groups is 1. The van der Waals surface area contributed by atoms with E-state index >= 15 is 0 Å². The van der Waals surface area contributed by atoms with Crippen LogP contribution in [0.4, 0.5) is 9.59 Å². The lowest BCUT2D eigenvalue weighted by molar-refractivity contribution is -0.763. The molecule has 1 aromatic heterocycles. The number of H-pyrrole nitrogens is 1. The van der Waals surface area contributed by atoms with Crippen LogP contribution < -0.4 is 15.4 Å². The Morgan fingerprint density at radius 1 is 1.02 bits per heavy atom. The van der Waals surface area contributed by atoms with Crippen molar-refractivity contribution >= 4 is 35.0 Å². The molecule has 1 aliphatic heterocycles. The topological polar surface area (TPSA) is 234 Å². The van der Waals surface area contributed by atoms with E-state index in [2.05, 4.69) is 58.6 Å². The number of amides is 3. The molecule has 0 aliphatic carbocycles. The number of carbonyl (C=O) groups excluding carboxylic acids is 4. The number of aromatic amines is 1. The number of alkyl carbamates (subject to hydrolysis) is 1. The van der Waals surface area contributed by atoms with Crippen molar-refractivity contribution in [1.29, 1.82) is 0 Å². The van der Waals surface area contributed by atoms with E-state index in [1.807, 2.05) is 19.9 Å². The fraction of sp³-hybridized carbons (Fsp3) is 0.630. The maximum Gasteiger partial charge on any atom is 0.514 e. The summed E-state index contributed by atoms with van der Waals surface area (Å²) in [5.74, 6) is -1.09. The van der Waals surface area contributed by atoms with Crippen molar-refractivity contribution in [1.82, 2.24) is 25.7 Å². The Bertz CT molecular complexity index is 2010. The second-order valence-electron chi connectivity index (χ2n) is 18.4. The Morgan fingerprint density at radius 3 is 2.38 bits per heavy atom. The molecule has 2 aromatic carbocycles. The van der Waals surface area contributed by atoms with Gasteiger partial charge in [-0.2, -0.15) is 5.10 Å². The standard InChI is InChI=1S/C46H68N6O12/c1-28(2)35(30(5)32-15-16-39-37(23-32)38(49-50-39)14-11-21-60-9)24-40(48-44(56)64-46(6,7)8)41(53)25-36(29(3)4)43(55)47-33-17-19-51(20-18-33)42(54)27-61-45(57)63-34-13-10-12-31(22-34)26-62-52(58)59/h10,12-13,15-16,22-23,28-30,33,35-36,40-41,53H,11,14,17-21,24-27H2,1-9H3,(H,47,55)(H,48,56)(H,49,50)/t30?,35-,36-,40-,41-/m0/s1. The van der Waals surface area contributed by atoms with Crippen molar-refractivity contribution in [2.45, 2.75) is 130 Å². The van der Waals surface area contributed by atoms with Gasteiger partial charge in [0.1, 0.15) is 18.0 Å². The summed E-state index contributed by atoms with van der Waals surface area (Å²) in [5, 5.41) is 36.4. The quantitative estimate of drug-likeness (QED) is 0.0266. The minimum absolute atomic E-state index is 0.0213. The number of nitrogens with zero attached hydrogens (tertiary/aromatic N) is 3. The van der Waals surface area contributed by atoms with Crippen LogP contribution in [0.15, 0.2) is 42.5 Å². The lowest BCUT2D eigenvalue weighted by Crippen LogP contribution is -2.51. The average molecular weight is 897 g/mol.